The van der Waals surface area contributed by atoms with Crippen LogP contribution in [0, 0.1) is 0 Å². The van der Waals surface area contributed by atoms with Crippen molar-refractivity contribution in [1.82, 2.24) is 0 Å². The quantitative estimate of drug-likeness (QED) is 0.308. The molecule has 0 spiro atoms. The zero-order chi connectivity index (χ0) is 27.0. The number of carboxylic acid groups (broad SMARTS) is 2. The van der Waals surface area contributed by atoms with E-state index in [1.54, 1.807) is 60.7 Å². The van der Waals surface area contributed by atoms with E-state index in [9.17, 15) is 18.0 Å². The van der Waals surface area contributed by atoms with Crippen LogP contribution in [-0.4, -0.2) is 43.8 Å². The first-order valence-electron chi connectivity index (χ1n) is 11.4. The van der Waals surface area contributed by atoms with Gasteiger partial charge in [0.25, 0.3) is 0 Å². The van der Waals surface area contributed by atoms with Crippen LogP contribution in [0.3, 0.4) is 0 Å². The van der Waals surface area contributed by atoms with Gasteiger partial charge < -0.3 is 19.7 Å². The van der Waals surface area contributed by atoms with E-state index in [4.69, 9.17) is 19.7 Å². The summed E-state index contributed by atoms with van der Waals surface area (Å²) in [6, 6.07) is 22.0. The number of fused-ring (bicyclic) bond motifs is 1. The van der Waals surface area contributed by atoms with Gasteiger partial charge in [-0.15, -0.1) is 0 Å². The van der Waals surface area contributed by atoms with Gasteiger partial charge >= 0.3 is 11.9 Å². The molecule has 0 aliphatic carbocycles. The number of hydrogen-bond donors (Lipinski definition) is 2. The van der Waals surface area contributed by atoms with Crippen molar-refractivity contribution in [2.24, 2.45) is 0 Å². The molecule has 0 unspecified atom stereocenters. The van der Waals surface area contributed by atoms with Gasteiger partial charge in [-0.2, -0.15) is 0 Å². The minimum Gasteiger partial charge on any atom is -0.494 e. The molecule has 0 aromatic heterocycles. The predicted molar refractivity (Wildman–Crippen MR) is 139 cm³/mol. The lowest BCUT2D eigenvalue weighted by Gasteiger charge is -2.08. The van der Waals surface area contributed by atoms with Gasteiger partial charge in [0.2, 0.25) is 9.84 Å². The maximum absolute atomic E-state index is 12.5. The molecule has 37 heavy (non-hydrogen) atoms. The van der Waals surface area contributed by atoms with E-state index in [0.717, 1.165) is 0 Å². The Labute approximate surface area is 214 Å². The summed E-state index contributed by atoms with van der Waals surface area (Å²) in [4.78, 5) is 21.9. The second kappa shape index (κ2) is 12.0. The van der Waals surface area contributed by atoms with Gasteiger partial charge in [-0.3, -0.25) is 0 Å². The molecule has 4 rings (SSSR count). The Bertz CT molecular complexity index is 1380. The Morgan fingerprint density at radius 3 is 1.27 bits per heavy atom. The molecule has 192 valence electrons. The summed E-state index contributed by atoms with van der Waals surface area (Å²) in [5.41, 5.74) is 0.381. The second-order valence-corrected chi connectivity index (χ2v) is 9.65. The Morgan fingerprint density at radius 1 is 0.622 bits per heavy atom. The molecule has 4 aromatic carbocycles. The van der Waals surface area contributed by atoms with Crippen molar-refractivity contribution < 1.29 is 37.7 Å². The van der Waals surface area contributed by atoms with Crippen LogP contribution in [0.25, 0.3) is 10.8 Å². The number of benzene rings is 4. The zero-order valence-corrected chi connectivity index (χ0v) is 21.1. The summed E-state index contributed by atoms with van der Waals surface area (Å²) in [7, 11) is -3.51. The van der Waals surface area contributed by atoms with Gasteiger partial charge in [-0.05, 0) is 97.4 Å². The Morgan fingerprint density at radius 2 is 0.973 bits per heavy atom. The highest BCUT2D eigenvalue weighted by Gasteiger charge is 2.17. The lowest BCUT2D eigenvalue weighted by Crippen LogP contribution is -2.02. The van der Waals surface area contributed by atoms with E-state index in [1.807, 2.05) is 13.8 Å². The van der Waals surface area contributed by atoms with Crippen LogP contribution in [-0.2, 0) is 9.84 Å². The van der Waals surface area contributed by atoms with Crippen LogP contribution >= 0.6 is 0 Å². The van der Waals surface area contributed by atoms with E-state index < -0.39 is 21.8 Å². The molecule has 0 atom stereocenters. The summed E-state index contributed by atoms with van der Waals surface area (Å²) >= 11 is 0. The third-order valence-corrected chi connectivity index (χ3v) is 7.01. The van der Waals surface area contributed by atoms with Crippen molar-refractivity contribution >= 4 is 32.5 Å². The number of carbonyl (C=O) groups is 2. The van der Waals surface area contributed by atoms with Crippen molar-refractivity contribution in [3.8, 4) is 11.5 Å². The normalized spacial score (nSPS) is 10.8. The van der Waals surface area contributed by atoms with Gasteiger partial charge in [0.15, 0.2) is 0 Å². The average molecular weight is 523 g/mol. The van der Waals surface area contributed by atoms with E-state index in [1.165, 1.54) is 24.3 Å². The van der Waals surface area contributed by atoms with Gasteiger partial charge in [0.05, 0.1) is 34.1 Å². The number of sulfone groups is 1. The highest BCUT2D eigenvalue weighted by Crippen LogP contribution is 2.25. The average Bonchev–Trinajstić information content (AvgIpc) is 2.89. The van der Waals surface area contributed by atoms with Gasteiger partial charge in [-0.1, -0.05) is 12.1 Å². The predicted octanol–water partition coefficient (Wildman–Crippen LogP) is 5.55. The van der Waals surface area contributed by atoms with Crippen molar-refractivity contribution in [2.75, 3.05) is 13.2 Å². The summed E-state index contributed by atoms with van der Waals surface area (Å²) < 4.78 is 35.6. The smallest absolute Gasteiger partial charge is 0.335 e. The molecule has 2 N–H and O–H groups in total. The first kappa shape index (κ1) is 27.2. The molecular formula is C28H26O8S. The first-order chi connectivity index (χ1) is 17.6. The summed E-state index contributed by atoms with van der Waals surface area (Å²) in [5.74, 6) is -0.681. The van der Waals surface area contributed by atoms with Crippen molar-refractivity contribution in [3.05, 3.63) is 96.1 Å². The van der Waals surface area contributed by atoms with E-state index >= 15 is 0 Å². The largest absolute Gasteiger partial charge is 0.494 e. The highest BCUT2D eigenvalue weighted by molar-refractivity contribution is 7.91. The Kier molecular flexibility index (Phi) is 8.86. The van der Waals surface area contributed by atoms with E-state index in [2.05, 4.69) is 0 Å². The van der Waals surface area contributed by atoms with Crippen molar-refractivity contribution in [3.63, 3.8) is 0 Å². The molecule has 4 aromatic rings. The first-order valence-corrected chi connectivity index (χ1v) is 12.8. The molecule has 0 aliphatic heterocycles. The van der Waals surface area contributed by atoms with E-state index in [-0.39, 0.29) is 20.9 Å². The Balaban J connectivity index is 0.000000213. The van der Waals surface area contributed by atoms with E-state index in [0.29, 0.717) is 35.5 Å². The van der Waals surface area contributed by atoms with Crippen LogP contribution < -0.4 is 9.47 Å². The standard InChI is InChI=1S/C16H18O4S.C12H8O4/c1-3-19-13-5-9-15(10-6-13)21(17,18)16-11-7-14(8-12-16)20-4-2;13-11(14)9-3-1-7-5-10(12(15)16)4-2-8(7)6-9/h5-12H,3-4H2,1-2H3;1-6H,(H,13,14)(H,15,16). The molecule has 0 bridgehead atoms. The summed E-state index contributed by atoms with van der Waals surface area (Å²) in [5, 5.41) is 19.0. The molecule has 0 fully saturated rings. The lowest BCUT2D eigenvalue weighted by molar-refractivity contribution is 0.0686. The highest BCUT2D eigenvalue weighted by atomic mass is 32.2. The molecular weight excluding hydrogens is 496 g/mol. The van der Waals surface area contributed by atoms with Gasteiger partial charge in [-0.25, -0.2) is 18.0 Å². The van der Waals surface area contributed by atoms with Gasteiger partial charge in [0, 0.05) is 0 Å². The maximum Gasteiger partial charge on any atom is 0.335 e. The molecule has 0 amide bonds. The van der Waals surface area contributed by atoms with Crippen molar-refractivity contribution in [2.45, 2.75) is 23.6 Å². The molecule has 0 radical (unpaired) electrons. The second-order valence-electron chi connectivity index (χ2n) is 7.70. The fraction of sp³-hybridized carbons (Fsp3) is 0.143. The minimum atomic E-state index is -3.51. The van der Waals surface area contributed by atoms with Crippen LogP contribution in [0.5, 0.6) is 11.5 Å². The van der Waals surface area contributed by atoms with Crippen LogP contribution in [0.2, 0.25) is 0 Å². The fourth-order valence-corrected chi connectivity index (χ4v) is 4.67. The molecule has 0 saturated carbocycles. The Hall–Kier alpha value is -4.37. The minimum absolute atomic E-state index is 0.190. The third kappa shape index (κ3) is 6.86. The summed E-state index contributed by atoms with van der Waals surface area (Å²) in [6.07, 6.45) is 0. The third-order valence-electron chi connectivity index (χ3n) is 5.22. The SMILES string of the molecule is CCOc1ccc(S(=O)(=O)c2ccc(OCC)cc2)cc1.O=C(O)c1ccc2cc(C(=O)O)ccc2c1. The fourth-order valence-electron chi connectivity index (χ4n) is 3.41. The topological polar surface area (TPSA) is 127 Å². The molecule has 9 heteroatoms. The maximum atomic E-state index is 12.5. The lowest BCUT2D eigenvalue weighted by atomic mass is 10.0. The van der Waals surface area contributed by atoms with Crippen LogP contribution in [0.1, 0.15) is 34.6 Å². The number of carboxylic acids is 2. The monoisotopic (exact) mass is 522 g/mol. The van der Waals surface area contributed by atoms with Crippen molar-refractivity contribution in [1.29, 1.82) is 0 Å². The number of ether oxygens (including phenoxy) is 2. The summed E-state index contributed by atoms with van der Waals surface area (Å²) in [6.45, 7) is 4.85. The van der Waals surface area contributed by atoms with Gasteiger partial charge in [0.1, 0.15) is 11.5 Å². The number of aromatic carboxylic acids is 2. The van der Waals surface area contributed by atoms with Crippen LogP contribution in [0.15, 0.2) is 94.7 Å². The van der Waals surface area contributed by atoms with Crippen LogP contribution in [0.4, 0.5) is 0 Å². The zero-order valence-electron chi connectivity index (χ0n) is 20.2. The molecule has 0 heterocycles. The molecule has 0 saturated heterocycles. The number of hydrogen-bond acceptors (Lipinski definition) is 6. The molecule has 8 nitrogen and oxygen atoms in total. The number of rotatable bonds is 8. The molecule has 0 aliphatic rings.